The summed E-state index contributed by atoms with van der Waals surface area (Å²) in [5, 5.41) is 10.5. The molecule has 0 aromatic heterocycles. The molecule has 4 aliphatic carbocycles. The van der Waals surface area contributed by atoms with Crippen LogP contribution in [0.2, 0.25) is 0 Å². The maximum Gasteiger partial charge on any atom is 0.156 e. The number of aliphatic hydroxyl groups is 1. The summed E-state index contributed by atoms with van der Waals surface area (Å²) in [5.74, 6) is 3.16. The Kier molecular flexibility index (Phi) is 3.74. The quantitative estimate of drug-likeness (QED) is 0.723. The van der Waals surface area contributed by atoms with Gasteiger partial charge in [0.2, 0.25) is 0 Å². The predicted octanol–water partition coefficient (Wildman–Crippen LogP) is 4.34. The molecule has 3 heteroatoms. The molecule has 128 valence electrons. The second-order valence-electron chi connectivity index (χ2n) is 9.03. The topological polar surface area (TPSA) is 37.3 Å². The van der Waals surface area contributed by atoms with E-state index in [0.29, 0.717) is 36.0 Å². The molecule has 0 aromatic rings. The maximum absolute atomic E-state index is 12.1. The zero-order valence-corrected chi connectivity index (χ0v) is 15.1. The first kappa shape index (κ1) is 16.1. The summed E-state index contributed by atoms with van der Waals surface area (Å²) in [6.07, 6.45) is 9.18. The summed E-state index contributed by atoms with van der Waals surface area (Å²) >= 11 is 6.33. The molecular weight excluding hydrogens is 308 g/mol. The number of alkyl halides is 1. The molecule has 0 saturated heterocycles. The molecule has 1 unspecified atom stereocenters. The van der Waals surface area contributed by atoms with Crippen LogP contribution in [0.25, 0.3) is 0 Å². The zero-order valence-electron chi connectivity index (χ0n) is 14.4. The van der Waals surface area contributed by atoms with E-state index in [1.807, 2.05) is 6.08 Å². The van der Waals surface area contributed by atoms with Crippen LogP contribution in [-0.2, 0) is 4.79 Å². The molecule has 3 saturated carbocycles. The zero-order chi connectivity index (χ0) is 16.4. The lowest BCUT2D eigenvalue weighted by molar-refractivity contribution is -0.121. The summed E-state index contributed by atoms with van der Waals surface area (Å²) in [6.45, 7) is 4.71. The van der Waals surface area contributed by atoms with Crippen molar-refractivity contribution < 1.29 is 9.90 Å². The number of carbonyl (C=O) groups is 1. The molecule has 1 N–H and O–H groups in total. The average molecular weight is 337 g/mol. The van der Waals surface area contributed by atoms with E-state index in [0.717, 1.165) is 19.3 Å². The third kappa shape index (κ3) is 2.07. The van der Waals surface area contributed by atoms with Crippen molar-refractivity contribution >= 4 is 17.4 Å². The van der Waals surface area contributed by atoms with Crippen LogP contribution in [0.15, 0.2) is 11.6 Å². The van der Waals surface area contributed by atoms with E-state index in [1.54, 1.807) is 0 Å². The van der Waals surface area contributed by atoms with Crippen LogP contribution in [0.3, 0.4) is 0 Å². The Bertz CT molecular complexity index is 556. The minimum absolute atomic E-state index is 0.105. The highest BCUT2D eigenvalue weighted by Crippen LogP contribution is 2.66. The number of hydrogen-bond acceptors (Lipinski definition) is 2. The fraction of sp³-hybridized carbons (Fsp3) is 0.850. The van der Waals surface area contributed by atoms with Gasteiger partial charge in [-0.05, 0) is 79.1 Å². The van der Waals surface area contributed by atoms with Crippen molar-refractivity contribution in [1.82, 2.24) is 0 Å². The summed E-state index contributed by atoms with van der Waals surface area (Å²) in [6, 6.07) is 0. The third-order valence-electron chi connectivity index (χ3n) is 8.41. The van der Waals surface area contributed by atoms with Crippen molar-refractivity contribution in [2.45, 2.75) is 64.9 Å². The predicted molar refractivity (Wildman–Crippen MR) is 92.3 cm³/mol. The molecule has 23 heavy (non-hydrogen) atoms. The van der Waals surface area contributed by atoms with Crippen LogP contribution >= 0.6 is 11.6 Å². The lowest BCUT2D eigenvalue weighted by Gasteiger charge is -2.59. The summed E-state index contributed by atoms with van der Waals surface area (Å²) in [7, 11) is 0. The molecule has 0 aliphatic heterocycles. The van der Waals surface area contributed by atoms with E-state index in [4.69, 9.17) is 11.6 Å². The minimum atomic E-state index is -0.116. The molecule has 0 heterocycles. The second kappa shape index (κ2) is 5.33. The van der Waals surface area contributed by atoms with Gasteiger partial charge in [0.05, 0.1) is 6.10 Å². The lowest BCUT2D eigenvalue weighted by Crippen LogP contribution is -2.54. The number of hydrogen-bond donors (Lipinski definition) is 1. The normalized spacial score (nSPS) is 52.4. The summed E-state index contributed by atoms with van der Waals surface area (Å²) in [5.41, 5.74) is 1.61. The Morgan fingerprint density at radius 3 is 2.74 bits per heavy atom. The van der Waals surface area contributed by atoms with Crippen molar-refractivity contribution in [1.29, 1.82) is 0 Å². The van der Waals surface area contributed by atoms with Crippen molar-refractivity contribution in [2.75, 3.05) is 5.88 Å². The molecule has 0 aromatic carbocycles. The molecule has 7 atom stereocenters. The highest BCUT2D eigenvalue weighted by molar-refractivity contribution is 6.18. The largest absolute Gasteiger partial charge is 0.393 e. The van der Waals surface area contributed by atoms with Gasteiger partial charge in [-0.1, -0.05) is 19.4 Å². The highest BCUT2D eigenvalue weighted by Gasteiger charge is 2.60. The van der Waals surface area contributed by atoms with Gasteiger partial charge in [-0.3, -0.25) is 4.79 Å². The van der Waals surface area contributed by atoms with E-state index < -0.39 is 0 Å². The fourth-order valence-corrected chi connectivity index (χ4v) is 7.38. The lowest BCUT2D eigenvalue weighted by atomic mass is 9.45. The number of allylic oxidation sites excluding steroid dienone is 1. The van der Waals surface area contributed by atoms with Crippen LogP contribution in [0.5, 0.6) is 0 Å². The number of fused-ring (bicyclic) bond motifs is 5. The molecule has 0 spiro atoms. The van der Waals surface area contributed by atoms with Gasteiger partial charge in [-0.15, -0.1) is 11.6 Å². The Balaban J connectivity index is 1.72. The molecule has 4 aliphatic rings. The number of ketones is 1. The standard InChI is InChI=1S/C20H29ClO2/c1-19-8-7-17-15(16(19)5-6-18(19)23)4-3-12-9-14(22)10-13(11-21)20(12,17)2/h9,13,15-18,23H,3-8,10-11H2,1-2H3/t13?,15-,16-,17-,18-,19-,20+/m0/s1. The van der Waals surface area contributed by atoms with E-state index in [1.165, 1.54) is 24.8 Å². The number of carbonyl (C=O) groups excluding carboxylic acids is 1. The first-order valence-corrected chi connectivity index (χ1v) is 9.92. The van der Waals surface area contributed by atoms with Crippen LogP contribution in [0, 0.1) is 34.5 Å². The molecule has 0 bridgehead atoms. The van der Waals surface area contributed by atoms with Gasteiger partial charge in [0.15, 0.2) is 5.78 Å². The fourth-order valence-electron chi connectivity index (χ4n) is 6.95. The molecule has 3 fully saturated rings. The molecule has 0 radical (unpaired) electrons. The SMILES string of the molecule is C[C@]12CC[C@H]3[C@@H](CCC4=CC(=O)CC(CCl)[C@@]43C)[C@@H]1CC[C@@H]2O. The van der Waals surface area contributed by atoms with Gasteiger partial charge in [0.1, 0.15) is 0 Å². The van der Waals surface area contributed by atoms with Crippen molar-refractivity contribution in [3.63, 3.8) is 0 Å². The summed E-state index contributed by atoms with van der Waals surface area (Å²) in [4.78, 5) is 12.1. The van der Waals surface area contributed by atoms with Gasteiger partial charge in [0, 0.05) is 12.3 Å². The van der Waals surface area contributed by atoms with Crippen molar-refractivity contribution in [3.05, 3.63) is 11.6 Å². The van der Waals surface area contributed by atoms with Crippen LogP contribution in [0.1, 0.15) is 58.8 Å². The minimum Gasteiger partial charge on any atom is -0.393 e. The van der Waals surface area contributed by atoms with Crippen LogP contribution < -0.4 is 0 Å². The van der Waals surface area contributed by atoms with Gasteiger partial charge in [-0.25, -0.2) is 0 Å². The molecular formula is C20H29ClO2. The number of rotatable bonds is 1. The van der Waals surface area contributed by atoms with Crippen LogP contribution in [0.4, 0.5) is 0 Å². The monoisotopic (exact) mass is 336 g/mol. The summed E-state index contributed by atoms with van der Waals surface area (Å²) < 4.78 is 0. The van der Waals surface area contributed by atoms with E-state index in [9.17, 15) is 9.90 Å². The van der Waals surface area contributed by atoms with E-state index in [-0.39, 0.29) is 22.7 Å². The molecule has 4 rings (SSSR count). The van der Waals surface area contributed by atoms with E-state index >= 15 is 0 Å². The Morgan fingerprint density at radius 1 is 1.22 bits per heavy atom. The second-order valence-corrected chi connectivity index (χ2v) is 9.34. The first-order chi connectivity index (χ1) is 10.9. The Morgan fingerprint density at radius 2 is 2.00 bits per heavy atom. The van der Waals surface area contributed by atoms with Gasteiger partial charge in [-0.2, -0.15) is 0 Å². The number of aliphatic hydroxyl groups excluding tert-OH is 1. The maximum atomic E-state index is 12.1. The molecule has 2 nitrogen and oxygen atoms in total. The van der Waals surface area contributed by atoms with Gasteiger partial charge < -0.3 is 5.11 Å². The van der Waals surface area contributed by atoms with Gasteiger partial charge in [0.25, 0.3) is 0 Å². The first-order valence-electron chi connectivity index (χ1n) is 9.39. The third-order valence-corrected chi connectivity index (χ3v) is 8.79. The average Bonchev–Trinajstić information content (AvgIpc) is 2.83. The van der Waals surface area contributed by atoms with Gasteiger partial charge >= 0.3 is 0 Å². The van der Waals surface area contributed by atoms with Crippen molar-refractivity contribution in [3.8, 4) is 0 Å². The smallest absolute Gasteiger partial charge is 0.156 e. The van der Waals surface area contributed by atoms with Crippen LogP contribution in [-0.4, -0.2) is 22.9 Å². The highest BCUT2D eigenvalue weighted by atomic mass is 35.5. The molecule has 0 amide bonds. The van der Waals surface area contributed by atoms with E-state index in [2.05, 4.69) is 13.8 Å². The van der Waals surface area contributed by atoms with Crippen molar-refractivity contribution in [2.24, 2.45) is 34.5 Å². The number of halogens is 1. The Hall–Kier alpha value is -0.340. The Labute approximate surface area is 144 Å².